The van der Waals surface area contributed by atoms with E-state index in [-0.39, 0.29) is 17.3 Å². The van der Waals surface area contributed by atoms with Crippen LogP contribution in [0.1, 0.15) is 86.7 Å². The summed E-state index contributed by atoms with van der Waals surface area (Å²) in [7, 11) is -2.07. The number of piperazine rings is 1. The zero-order valence-electron chi connectivity index (χ0n) is 31.7. The van der Waals surface area contributed by atoms with Gasteiger partial charge in [-0.1, -0.05) is 43.2 Å². The van der Waals surface area contributed by atoms with E-state index in [1.807, 2.05) is 32.2 Å². The minimum atomic E-state index is -3.95. The lowest BCUT2D eigenvalue weighted by Gasteiger charge is -2.53. The number of anilines is 1. The van der Waals surface area contributed by atoms with Crippen molar-refractivity contribution >= 4 is 33.2 Å². The van der Waals surface area contributed by atoms with Crippen molar-refractivity contribution in [1.82, 2.24) is 14.5 Å². The monoisotopic (exact) mass is 764 g/mol. The molecule has 2 aromatic carbocycles. The number of sulfonamides is 1. The van der Waals surface area contributed by atoms with E-state index in [0.29, 0.717) is 30.6 Å². The molecule has 2 saturated heterocycles. The molecule has 288 valence electrons. The second-order valence-corrected chi connectivity index (χ2v) is 19.6. The Balaban J connectivity index is 1.19. The van der Waals surface area contributed by atoms with Crippen LogP contribution in [0.2, 0.25) is 5.02 Å². The second-order valence-electron chi connectivity index (χ2n) is 17.1. The molecule has 11 heteroatoms. The van der Waals surface area contributed by atoms with Crippen LogP contribution in [0.3, 0.4) is 0 Å². The normalized spacial score (nSPS) is 35.4. The zero-order valence-corrected chi connectivity index (χ0v) is 33.3. The molecule has 0 radical (unpaired) electrons. The molecule has 1 spiro atoms. The number of fused-ring (bicyclic) bond motifs is 5. The highest BCUT2D eigenvalue weighted by Crippen LogP contribution is 2.49. The standard InChI is InChI=1S/C42H57ClN4O5S/c1-29-8-6-18-42(51-3,27-45-20-21-46-19-5-4-10-35(46)25-45)37-14-11-33(37)24-47-26-41(17-7-9-31-22-34(43)13-15-36(31)41)28-52-39-16-12-32(23-38(39)47)40(48)44-53(49,50)30(29)2/h6,12-13,15-16,18,22-23,29-30,33,35,37H,4-5,7-11,14,17,19-21,24-28H2,1-3H3,(H,44,48)/b18-6-/t29-,30+,33-,35+,37+,41-,42+/m0/s1. The van der Waals surface area contributed by atoms with Crippen LogP contribution in [0.15, 0.2) is 48.6 Å². The molecule has 0 unspecified atom stereocenters. The largest absolute Gasteiger partial charge is 0.490 e. The summed E-state index contributed by atoms with van der Waals surface area (Å²) in [6.07, 6.45) is 14.1. The maximum absolute atomic E-state index is 13.7. The van der Waals surface area contributed by atoms with Crippen molar-refractivity contribution in [1.29, 1.82) is 0 Å². The minimum absolute atomic E-state index is 0.206. The van der Waals surface area contributed by atoms with Crippen LogP contribution in [-0.2, 0) is 26.6 Å². The summed E-state index contributed by atoms with van der Waals surface area (Å²) in [6.45, 7) is 10.9. The molecule has 2 aliphatic carbocycles. The van der Waals surface area contributed by atoms with Gasteiger partial charge in [-0.3, -0.25) is 14.6 Å². The van der Waals surface area contributed by atoms with Gasteiger partial charge in [0, 0.05) is 68.4 Å². The lowest BCUT2D eigenvalue weighted by atomic mass is 9.63. The molecule has 2 bridgehead atoms. The number of nitrogens with zero attached hydrogens (tertiary/aromatic N) is 3. The number of hydrogen-bond donors (Lipinski definition) is 1. The zero-order chi connectivity index (χ0) is 37.0. The highest BCUT2D eigenvalue weighted by molar-refractivity contribution is 7.90. The number of methoxy groups -OCH3 is 1. The summed E-state index contributed by atoms with van der Waals surface area (Å²) < 4.78 is 43.2. The smallest absolute Gasteiger partial charge is 0.264 e. The fraction of sp³-hybridized carbons (Fsp3) is 0.643. The van der Waals surface area contributed by atoms with Gasteiger partial charge in [-0.25, -0.2) is 13.1 Å². The first-order chi connectivity index (χ1) is 25.5. The average Bonchev–Trinajstić information content (AvgIpc) is 3.28. The van der Waals surface area contributed by atoms with Gasteiger partial charge < -0.3 is 14.4 Å². The molecular weight excluding hydrogens is 708 g/mol. The predicted molar refractivity (Wildman–Crippen MR) is 211 cm³/mol. The molecule has 4 aliphatic heterocycles. The van der Waals surface area contributed by atoms with E-state index >= 15 is 0 Å². The van der Waals surface area contributed by atoms with Crippen molar-refractivity contribution in [3.8, 4) is 5.75 Å². The third-order valence-electron chi connectivity index (χ3n) is 14.0. The number of amides is 1. The lowest BCUT2D eigenvalue weighted by molar-refractivity contribution is -0.100. The number of aryl methyl sites for hydroxylation is 1. The number of allylic oxidation sites excluding steroid dienone is 1. The number of rotatable bonds is 3. The Morgan fingerprint density at radius 3 is 2.70 bits per heavy atom. The predicted octanol–water partition coefficient (Wildman–Crippen LogP) is 6.44. The Morgan fingerprint density at radius 1 is 1.02 bits per heavy atom. The van der Waals surface area contributed by atoms with E-state index in [1.165, 1.54) is 36.9 Å². The van der Waals surface area contributed by atoms with E-state index in [0.717, 1.165) is 87.8 Å². The second kappa shape index (κ2) is 14.8. The Labute approximate surface area is 321 Å². The third kappa shape index (κ3) is 7.16. The van der Waals surface area contributed by atoms with E-state index in [4.69, 9.17) is 21.1 Å². The molecular formula is C42H57ClN4O5S. The Kier molecular flexibility index (Phi) is 10.4. The SMILES string of the molecule is CO[C@@]1(CN2CCN3CCCC[C@@H]3C2)/C=C\C[C@H](C)[C@@H](C)S(=O)(=O)NC(=O)c2ccc3c(c2)N(C[C@@H]2CC[C@H]21)C[C@@]1(CCCc2cc(Cl)ccc21)CO3. The molecule has 1 saturated carbocycles. The first-order valence-electron chi connectivity index (χ1n) is 20.1. The van der Waals surface area contributed by atoms with Gasteiger partial charge in [0.1, 0.15) is 11.4 Å². The minimum Gasteiger partial charge on any atom is -0.490 e. The van der Waals surface area contributed by atoms with Crippen LogP contribution in [0.5, 0.6) is 5.75 Å². The van der Waals surface area contributed by atoms with Gasteiger partial charge in [-0.05, 0) is 124 Å². The first-order valence-corrected chi connectivity index (χ1v) is 22.0. The Bertz CT molecular complexity index is 1840. The number of piperidine rings is 1. The number of ether oxygens (including phenoxy) is 2. The van der Waals surface area contributed by atoms with Crippen molar-refractivity contribution in [2.75, 3.05) is 64.4 Å². The fourth-order valence-electron chi connectivity index (χ4n) is 10.5. The van der Waals surface area contributed by atoms with Gasteiger partial charge in [0.15, 0.2) is 0 Å². The van der Waals surface area contributed by atoms with Gasteiger partial charge >= 0.3 is 0 Å². The molecule has 7 atom stereocenters. The summed E-state index contributed by atoms with van der Waals surface area (Å²) in [4.78, 5) is 21.4. The molecule has 9 nitrogen and oxygen atoms in total. The summed E-state index contributed by atoms with van der Waals surface area (Å²) in [5.74, 6) is 0.551. The number of halogens is 1. The van der Waals surface area contributed by atoms with Crippen molar-refractivity contribution in [2.24, 2.45) is 17.8 Å². The number of carbonyl (C=O) groups is 1. The number of carbonyl (C=O) groups excluding carboxylic acids is 1. The highest BCUT2D eigenvalue weighted by atomic mass is 35.5. The van der Waals surface area contributed by atoms with Crippen LogP contribution in [0, 0.1) is 17.8 Å². The van der Waals surface area contributed by atoms with E-state index in [2.05, 4.69) is 43.7 Å². The summed E-state index contributed by atoms with van der Waals surface area (Å²) in [6, 6.07) is 12.3. The van der Waals surface area contributed by atoms with Crippen LogP contribution in [0.4, 0.5) is 5.69 Å². The van der Waals surface area contributed by atoms with Gasteiger partial charge in [-0.2, -0.15) is 0 Å². The van der Waals surface area contributed by atoms with Crippen molar-refractivity contribution in [3.05, 3.63) is 70.3 Å². The Hall–Kier alpha value is -2.63. The van der Waals surface area contributed by atoms with Crippen molar-refractivity contribution < 1.29 is 22.7 Å². The quantitative estimate of drug-likeness (QED) is 0.358. The molecule has 0 aromatic heterocycles. The molecule has 53 heavy (non-hydrogen) atoms. The number of nitrogens with one attached hydrogen (secondary N) is 1. The van der Waals surface area contributed by atoms with Crippen LogP contribution < -0.4 is 14.4 Å². The average molecular weight is 765 g/mol. The Morgan fingerprint density at radius 2 is 1.89 bits per heavy atom. The fourth-order valence-corrected chi connectivity index (χ4v) is 12.0. The van der Waals surface area contributed by atoms with Crippen LogP contribution >= 0.6 is 11.6 Å². The van der Waals surface area contributed by atoms with E-state index < -0.39 is 26.8 Å². The number of benzene rings is 2. The van der Waals surface area contributed by atoms with Crippen LogP contribution in [-0.4, -0.2) is 101 Å². The molecule has 3 fully saturated rings. The van der Waals surface area contributed by atoms with Crippen LogP contribution in [0.25, 0.3) is 0 Å². The number of hydrogen-bond acceptors (Lipinski definition) is 8. The topological polar surface area (TPSA) is 91.4 Å². The van der Waals surface area contributed by atoms with Crippen molar-refractivity contribution in [3.63, 3.8) is 0 Å². The summed E-state index contributed by atoms with van der Waals surface area (Å²) in [5.41, 5.74) is 2.97. The van der Waals surface area contributed by atoms with E-state index in [1.54, 1.807) is 13.0 Å². The van der Waals surface area contributed by atoms with E-state index in [9.17, 15) is 13.2 Å². The molecule has 1 N–H and O–H groups in total. The molecule has 2 aromatic rings. The summed E-state index contributed by atoms with van der Waals surface area (Å²) >= 11 is 6.51. The molecule has 6 aliphatic rings. The lowest BCUT2D eigenvalue weighted by Crippen LogP contribution is -2.61. The maximum atomic E-state index is 13.7. The van der Waals surface area contributed by atoms with Gasteiger partial charge in [0.2, 0.25) is 10.0 Å². The molecule has 4 heterocycles. The molecule has 1 amide bonds. The van der Waals surface area contributed by atoms with Gasteiger partial charge in [-0.15, -0.1) is 0 Å². The summed E-state index contributed by atoms with van der Waals surface area (Å²) in [5, 5.41) is -0.0127. The first kappa shape index (κ1) is 37.3. The van der Waals surface area contributed by atoms with Gasteiger partial charge in [0.05, 0.1) is 17.5 Å². The third-order valence-corrected chi connectivity index (χ3v) is 16.2. The maximum Gasteiger partial charge on any atom is 0.264 e. The molecule has 8 rings (SSSR count). The van der Waals surface area contributed by atoms with Crippen molar-refractivity contribution in [2.45, 2.75) is 93.9 Å². The van der Waals surface area contributed by atoms with Gasteiger partial charge in [0.25, 0.3) is 5.91 Å². The highest BCUT2D eigenvalue weighted by Gasteiger charge is 2.50.